The number of carbonyl (C=O) groups excluding carboxylic acids is 1. The van der Waals surface area contributed by atoms with Gasteiger partial charge in [0.2, 0.25) is 5.91 Å². The van der Waals surface area contributed by atoms with E-state index in [1.165, 1.54) is 32.1 Å². The minimum atomic E-state index is -0.134. The van der Waals surface area contributed by atoms with Crippen LogP contribution in [0.15, 0.2) is 0 Å². The SMILES string of the molecule is CC(C)C1NC2(CC2)C(=O)N1CCC1CCCC1. The minimum Gasteiger partial charge on any atom is -0.325 e. The lowest BCUT2D eigenvalue weighted by atomic mass is 10.0. The molecule has 1 unspecified atom stereocenters. The van der Waals surface area contributed by atoms with Crippen molar-refractivity contribution in [3.05, 3.63) is 0 Å². The van der Waals surface area contributed by atoms with E-state index >= 15 is 0 Å². The highest BCUT2D eigenvalue weighted by molar-refractivity contribution is 5.91. The molecule has 3 fully saturated rings. The van der Waals surface area contributed by atoms with Crippen molar-refractivity contribution in [1.82, 2.24) is 10.2 Å². The summed E-state index contributed by atoms with van der Waals surface area (Å²) in [6.07, 6.45) is 9.15. The van der Waals surface area contributed by atoms with Crippen LogP contribution >= 0.6 is 0 Å². The average Bonchev–Trinajstić information content (AvgIpc) is 2.81. The van der Waals surface area contributed by atoms with Crippen molar-refractivity contribution in [1.29, 1.82) is 0 Å². The van der Waals surface area contributed by atoms with E-state index in [2.05, 4.69) is 24.1 Å². The maximum absolute atomic E-state index is 12.5. The van der Waals surface area contributed by atoms with E-state index in [1.807, 2.05) is 0 Å². The molecule has 3 nitrogen and oxygen atoms in total. The number of carbonyl (C=O) groups is 1. The second-order valence-electron chi connectivity index (χ2n) is 6.85. The molecule has 2 saturated carbocycles. The Morgan fingerprint density at radius 2 is 2.00 bits per heavy atom. The van der Waals surface area contributed by atoms with Gasteiger partial charge in [-0.15, -0.1) is 0 Å². The lowest BCUT2D eigenvalue weighted by Crippen LogP contribution is -2.42. The quantitative estimate of drug-likeness (QED) is 0.831. The zero-order valence-electron chi connectivity index (χ0n) is 11.7. The van der Waals surface area contributed by atoms with Crippen LogP contribution in [0.2, 0.25) is 0 Å². The standard InChI is InChI=1S/C15H26N2O/c1-11(2)13-16-15(8-9-15)14(18)17(13)10-7-12-5-3-4-6-12/h11-13,16H,3-10H2,1-2H3. The van der Waals surface area contributed by atoms with Crippen LogP contribution in [0.25, 0.3) is 0 Å². The highest BCUT2D eigenvalue weighted by atomic mass is 16.2. The summed E-state index contributed by atoms with van der Waals surface area (Å²) < 4.78 is 0. The summed E-state index contributed by atoms with van der Waals surface area (Å²) in [6, 6.07) is 0. The van der Waals surface area contributed by atoms with Crippen molar-refractivity contribution in [2.24, 2.45) is 11.8 Å². The predicted octanol–water partition coefficient (Wildman–Crippen LogP) is 2.51. The van der Waals surface area contributed by atoms with Gasteiger partial charge < -0.3 is 4.90 Å². The summed E-state index contributed by atoms with van der Waals surface area (Å²) in [4.78, 5) is 14.6. The maximum atomic E-state index is 12.5. The van der Waals surface area contributed by atoms with Gasteiger partial charge in [0.25, 0.3) is 0 Å². The molecule has 3 heteroatoms. The Kier molecular flexibility index (Phi) is 3.13. The average molecular weight is 250 g/mol. The minimum absolute atomic E-state index is 0.134. The highest BCUT2D eigenvalue weighted by Crippen LogP contribution is 2.43. The van der Waals surface area contributed by atoms with Gasteiger partial charge in [0, 0.05) is 6.54 Å². The molecule has 1 amide bonds. The fraction of sp³-hybridized carbons (Fsp3) is 0.933. The zero-order chi connectivity index (χ0) is 12.8. The first kappa shape index (κ1) is 12.5. The van der Waals surface area contributed by atoms with Crippen molar-refractivity contribution >= 4 is 5.91 Å². The lowest BCUT2D eigenvalue weighted by Gasteiger charge is -2.28. The third kappa shape index (κ3) is 2.07. The zero-order valence-corrected chi connectivity index (χ0v) is 11.7. The van der Waals surface area contributed by atoms with E-state index in [0.29, 0.717) is 11.8 Å². The van der Waals surface area contributed by atoms with Gasteiger partial charge in [0.15, 0.2) is 0 Å². The van der Waals surface area contributed by atoms with Crippen molar-refractivity contribution in [2.75, 3.05) is 6.54 Å². The van der Waals surface area contributed by atoms with Gasteiger partial charge in [0.05, 0.1) is 11.7 Å². The first-order valence-electron chi connectivity index (χ1n) is 7.71. The van der Waals surface area contributed by atoms with Crippen LogP contribution in [0.1, 0.15) is 58.8 Å². The molecule has 0 bridgehead atoms. The second kappa shape index (κ2) is 4.52. The number of nitrogens with one attached hydrogen (secondary N) is 1. The van der Waals surface area contributed by atoms with Crippen molar-refractivity contribution < 1.29 is 4.79 Å². The molecule has 3 rings (SSSR count). The molecule has 0 aromatic heterocycles. The molecule has 18 heavy (non-hydrogen) atoms. The molecule has 3 aliphatic rings. The second-order valence-corrected chi connectivity index (χ2v) is 6.85. The van der Waals surface area contributed by atoms with Crippen LogP contribution in [0.5, 0.6) is 0 Å². The monoisotopic (exact) mass is 250 g/mol. The smallest absolute Gasteiger partial charge is 0.244 e. The number of amides is 1. The van der Waals surface area contributed by atoms with Crippen LogP contribution in [-0.4, -0.2) is 29.1 Å². The molecule has 1 saturated heterocycles. The van der Waals surface area contributed by atoms with Crippen LogP contribution in [0, 0.1) is 11.8 Å². The Morgan fingerprint density at radius 3 is 2.56 bits per heavy atom. The van der Waals surface area contributed by atoms with E-state index < -0.39 is 0 Å². The van der Waals surface area contributed by atoms with Crippen molar-refractivity contribution in [2.45, 2.75) is 70.5 Å². The first-order chi connectivity index (χ1) is 8.62. The summed E-state index contributed by atoms with van der Waals surface area (Å²) in [5, 5.41) is 3.59. The Balaban J connectivity index is 1.62. The lowest BCUT2D eigenvalue weighted by molar-refractivity contribution is -0.131. The molecule has 0 aromatic rings. The summed E-state index contributed by atoms with van der Waals surface area (Å²) in [5.41, 5.74) is -0.134. The number of nitrogens with zero attached hydrogens (tertiary/aromatic N) is 1. The van der Waals surface area contributed by atoms with Crippen LogP contribution in [0.4, 0.5) is 0 Å². The maximum Gasteiger partial charge on any atom is 0.244 e. The van der Waals surface area contributed by atoms with Gasteiger partial charge in [-0.25, -0.2) is 0 Å². The molecule has 0 radical (unpaired) electrons. The van der Waals surface area contributed by atoms with E-state index in [1.54, 1.807) is 0 Å². The topological polar surface area (TPSA) is 32.3 Å². The molecule has 102 valence electrons. The molecule has 1 heterocycles. The Morgan fingerprint density at radius 1 is 1.33 bits per heavy atom. The Bertz CT molecular complexity index is 329. The van der Waals surface area contributed by atoms with Gasteiger partial charge in [-0.05, 0) is 31.1 Å². The fourth-order valence-corrected chi connectivity index (χ4v) is 3.70. The molecule has 1 spiro atoms. The number of hydrogen-bond acceptors (Lipinski definition) is 2. The Labute approximate surface area is 110 Å². The molecule has 2 aliphatic carbocycles. The predicted molar refractivity (Wildman–Crippen MR) is 72.0 cm³/mol. The molecular weight excluding hydrogens is 224 g/mol. The normalized spacial score (nSPS) is 30.9. The molecule has 1 aliphatic heterocycles. The summed E-state index contributed by atoms with van der Waals surface area (Å²) >= 11 is 0. The van der Waals surface area contributed by atoms with Gasteiger partial charge in [-0.1, -0.05) is 39.5 Å². The van der Waals surface area contributed by atoms with E-state index in [4.69, 9.17) is 0 Å². The van der Waals surface area contributed by atoms with Crippen molar-refractivity contribution in [3.63, 3.8) is 0 Å². The van der Waals surface area contributed by atoms with E-state index in [0.717, 1.165) is 25.3 Å². The largest absolute Gasteiger partial charge is 0.325 e. The van der Waals surface area contributed by atoms with Crippen LogP contribution < -0.4 is 5.32 Å². The highest BCUT2D eigenvalue weighted by Gasteiger charge is 2.59. The third-order valence-electron chi connectivity index (χ3n) is 5.06. The molecule has 1 N–H and O–H groups in total. The Hall–Kier alpha value is -0.570. The number of rotatable bonds is 4. The van der Waals surface area contributed by atoms with E-state index in [-0.39, 0.29) is 11.7 Å². The van der Waals surface area contributed by atoms with E-state index in [9.17, 15) is 4.79 Å². The third-order valence-corrected chi connectivity index (χ3v) is 5.06. The van der Waals surface area contributed by atoms with Gasteiger partial charge in [-0.3, -0.25) is 10.1 Å². The molecule has 0 aromatic carbocycles. The summed E-state index contributed by atoms with van der Waals surface area (Å²) in [5.74, 6) is 1.78. The van der Waals surface area contributed by atoms with Crippen LogP contribution in [0.3, 0.4) is 0 Å². The summed E-state index contributed by atoms with van der Waals surface area (Å²) in [6.45, 7) is 5.41. The van der Waals surface area contributed by atoms with Crippen molar-refractivity contribution in [3.8, 4) is 0 Å². The fourth-order valence-electron chi connectivity index (χ4n) is 3.70. The number of hydrogen-bond donors (Lipinski definition) is 1. The summed E-state index contributed by atoms with van der Waals surface area (Å²) in [7, 11) is 0. The first-order valence-corrected chi connectivity index (χ1v) is 7.71. The van der Waals surface area contributed by atoms with Gasteiger partial charge in [0.1, 0.15) is 0 Å². The van der Waals surface area contributed by atoms with Gasteiger partial charge in [-0.2, -0.15) is 0 Å². The molecular formula is C15H26N2O. The van der Waals surface area contributed by atoms with Gasteiger partial charge >= 0.3 is 0 Å². The van der Waals surface area contributed by atoms with Crippen LogP contribution in [-0.2, 0) is 4.79 Å². The molecule has 1 atom stereocenters.